The summed E-state index contributed by atoms with van der Waals surface area (Å²) in [4.78, 5) is 0. The van der Waals surface area contributed by atoms with Crippen molar-refractivity contribution in [3.63, 3.8) is 0 Å². The number of nitrogens with two attached hydrogens (primary N) is 1. The van der Waals surface area contributed by atoms with Gasteiger partial charge in [-0.1, -0.05) is 25.5 Å². The highest BCUT2D eigenvalue weighted by atomic mass is 32.1. The number of nitrogens with zero attached hydrogens (tertiary/aromatic N) is 3. The molecule has 20 heavy (non-hydrogen) atoms. The van der Waals surface area contributed by atoms with Gasteiger partial charge < -0.3 is 15.4 Å². The van der Waals surface area contributed by atoms with Crippen LogP contribution >= 0.6 is 12.2 Å². The van der Waals surface area contributed by atoms with E-state index in [1.165, 1.54) is 0 Å². The lowest BCUT2D eigenvalue weighted by atomic mass is 10.1. The molecule has 0 spiro atoms. The number of azo groups is 1. The molecule has 0 unspecified atom stereocenters. The summed E-state index contributed by atoms with van der Waals surface area (Å²) in [6.07, 6.45) is 0. The first-order chi connectivity index (χ1) is 9.40. The lowest BCUT2D eigenvalue weighted by Gasteiger charge is -2.09. The summed E-state index contributed by atoms with van der Waals surface area (Å²) in [6.45, 7) is 6.88. The number of aromatic nitrogens is 1. The van der Waals surface area contributed by atoms with Gasteiger partial charge in [-0.25, -0.2) is 0 Å². The van der Waals surface area contributed by atoms with Crippen molar-refractivity contribution in [1.82, 2.24) is 4.57 Å². The second-order valence-corrected chi connectivity index (χ2v) is 5.65. The van der Waals surface area contributed by atoms with E-state index in [2.05, 4.69) is 24.1 Å². The Hall–Kier alpha value is -1.95. The zero-order valence-electron chi connectivity index (χ0n) is 11.8. The average Bonchev–Trinajstić information content (AvgIpc) is 2.59. The Morgan fingerprint density at radius 3 is 2.75 bits per heavy atom. The maximum absolute atomic E-state index is 10.4. The van der Waals surface area contributed by atoms with E-state index >= 15 is 0 Å². The van der Waals surface area contributed by atoms with Crippen molar-refractivity contribution in [2.24, 2.45) is 21.9 Å². The second kappa shape index (κ2) is 5.58. The molecule has 0 aliphatic rings. The number of hydrogen-bond donors (Lipinski definition) is 2. The molecule has 5 nitrogen and oxygen atoms in total. The molecule has 0 aliphatic carbocycles. The summed E-state index contributed by atoms with van der Waals surface area (Å²) < 4.78 is 1.84. The summed E-state index contributed by atoms with van der Waals surface area (Å²) in [5.41, 5.74) is 7.77. The Balaban J connectivity index is 2.68. The van der Waals surface area contributed by atoms with Gasteiger partial charge >= 0.3 is 0 Å². The van der Waals surface area contributed by atoms with Crippen LogP contribution in [0.2, 0.25) is 0 Å². The van der Waals surface area contributed by atoms with Crippen LogP contribution in [0.3, 0.4) is 0 Å². The minimum atomic E-state index is -0.0539. The Bertz CT molecular complexity index is 688. The van der Waals surface area contributed by atoms with E-state index in [4.69, 9.17) is 18.0 Å². The number of benzene rings is 1. The summed E-state index contributed by atoms with van der Waals surface area (Å²) in [5.74, 6) is 0.498. The van der Waals surface area contributed by atoms with Gasteiger partial charge in [0.25, 0.3) is 0 Å². The van der Waals surface area contributed by atoms with E-state index in [0.717, 1.165) is 16.5 Å². The highest BCUT2D eigenvalue weighted by Crippen LogP contribution is 2.39. The van der Waals surface area contributed by atoms with Crippen molar-refractivity contribution in [2.75, 3.05) is 0 Å². The van der Waals surface area contributed by atoms with Crippen LogP contribution in [-0.4, -0.2) is 14.8 Å². The molecule has 0 fully saturated rings. The number of rotatable bonds is 3. The number of aromatic hydroxyl groups is 1. The first-order valence-corrected chi connectivity index (χ1v) is 6.84. The van der Waals surface area contributed by atoms with Crippen LogP contribution in [0.1, 0.15) is 19.4 Å². The third kappa shape index (κ3) is 2.80. The lowest BCUT2D eigenvalue weighted by Crippen LogP contribution is -2.03. The lowest BCUT2D eigenvalue weighted by molar-refractivity contribution is 0.401. The molecule has 0 radical (unpaired) electrons. The predicted molar refractivity (Wildman–Crippen MR) is 84.5 cm³/mol. The normalized spacial score (nSPS) is 11.8. The van der Waals surface area contributed by atoms with Crippen molar-refractivity contribution < 1.29 is 5.11 Å². The smallest absolute Gasteiger partial charge is 0.220 e. The van der Waals surface area contributed by atoms with Gasteiger partial charge in [0.05, 0.1) is 5.52 Å². The van der Waals surface area contributed by atoms with Crippen LogP contribution in [0.4, 0.5) is 5.69 Å². The summed E-state index contributed by atoms with van der Waals surface area (Å²) in [6, 6.07) is 5.96. The van der Waals surface area contributed by atoms with Gasteiger partial charge in [-0.2, -0.15) is 0 Å². The van der Waals surface area contributed by atoms with Crippen LogP contribution in [0, 0.1) is 12.8 Å². The largest absolute Gasteiger partial charge is 0.493 e. The molecule has 0 amide bonds. The van der Waals surface area contributed by atoms with E-state index in [-0.39, 0.29) is 11.0 Å². The van der Waals surface area contributed by atoms with Gasteiger partial charge in [0.2, 0.25) is 11.0 Å². The standard InChI is InChI=1S/C14H18N4OS/c1-8(2)7-18-11-5-4-9(3)6-10(11)12(13(18)19)16-17-14(15)20/h4-6,8,19H,7H2,1-3H3,(H2,15,20). The maximum Gasteiger partial charge on any atom is 0.220 e. The molecule has 0 atom stereocenters. The molecule has 3 N–H and O–H groups in total. The van der Waals surface area contributed by atoms with Crippen LogP contribution in [0.5, 0.6) is 5.88 Å². The number of aryl methyl sites for hydroxylation is 1. The molecule has 0 saturated heterocycles. The van der Waals surface area contributed by atoms with Crippen LogP contribution in [-0.2, 0) is 6.54 Å². The highest BCUT2D eigenvalue weighted by Gasteiger charge is 2.17. The van der Waals surface area contributed by atoms with E-state index in [9.17, 15) is 5.11 Å². The maximum atomic E-state index is 10.4. The molecular weight excluding hydrogens is 272 g/mol. The Morgan fingerprint density at radius 2 is 2.15 bits per heavy atom. The van der Waals surface area contributed by atoms with E-state index in [1.54, 1.807) is 0 Å². The van der Waals surface area contributed by atoms with Gasteiger partial charge in [-0.3, -0.25) is 0 Å². The van der Waals surface area contributed by atoms with Crippen molar-refractivity contribution in [2.45, 2.75) is 27.3 Å². The monoisotopic (exact) mass is 290 g/mol. The Kier molecular flexibility index (Phi) is 4.04. The molecule has 1 aromatic carbocycles. The van der Waals surface area contributed by atoms with E-state index in [0.29, 0.717) is 18.2 Å². The average molecular weight is 290 g/mol. The molecule has 2 rings (SSSR count). The molecule has 1 aromatic heterocycles. The third-order valence-corrected chi connectivity index (χ3v) is 3.04. The Labute approximate surface area is 123 Å². The number of thiocarbonyl (C=S) groups is 1. The summed E-state index contributed by atoms with van der Waals surface area (Å²) in [7, 11) is 0. The highest BCUT2D eigenvalue weighted by molar-refractivity contribution is 7.80. The molecule has 1 heterocycles. The molecule has 0 aliphatic heterocycles. The van der Waals surface area contributed by atoms with E-state index in [1.807, 2.05) is 29.7 Å². The molecule has 106 valence electrons. The minimum Gasteiger partial charge on any atom is -0.493 e. The van der Waals surface area contributed by atoms with Gasteiger partial charge in [0.15, 0.2) is 5.69 Å². The summed E-state index contributed by atoms with van der Waals surface area (Å²) in [5, 5.41) is 18.9. The SMILES string of the molecule is Cc1ccc2c(c1)c(N=NC(N)=S)c(O)n2CC(C)C. The van der Waals surface area contributed by atoms with E-state index < -0.39 is 0 Å². The van der Waals surface area contributed by atoms with Crippen molar-refractivity contribution >= 4 is 33.9 Å². The minimum absolute atomic E-state index is 0.0539. The fourth-order valence-corrected chi connectivity index (χ4v) is 2.23. The van der Waals surface area contributed by atoms with Crippen molar-refractivity contribution in [3.8, 4) is 5.88 Å². The van der Waals surface area contributed by atoms with Crippen LogP contribution in [0.25, 0.3) is 10.9 Å². The molecule has 0 saturated carbocycles. The third-order valence-electron chi connectivity index (χ3n) is 2.96. The van der Waals surface area contributed by atoms with Crippen molar-refractivity contribution in [1.29, 1.82) is 0 Å². The fraction of sp³-hybridized carbons (Fsp3) is 0.357. The number of fused-ring (bicyclic) bond motifs is 1. The van der Waals surface area contributed by atoms with Crippen LogP contribution in [0.15, 0.2) is 28.4 Å². The zero-order valence-corrected chi connectivity index (χ0v) is 12.6. The molecule has 0 bridgehead atoms. The van der Waals surface area contributed by atoms with Gasteiger partial charge in [-0.05, 0) is 37.2 Å². The zero-order chi connectivity index (χ0) is 14.9. The Morgan fingerprint density at radius 1 is 1.45 bits per heavy atom. The first-order valence-electron chi connectivity index (χ1n) is 6.43. The first kappa shape index (κ1) is 14.5. The van der Waals surface area contributed by atoms with Crippen molar-refractivity contribution in [3.05, 3.63) is 23.8 Å². The quantitative estimate of drug-likeness (QED) is 0.669. The molecule has 6 heteroatoms. The molecule has 2 aromatic rings. The predicted octanol–water partition coefficient (Wildman–Crippen LogP) is 3.64. The fourth-order valence-electron chi connectivity index (χ4n) is 2.19. The van der Waals surface area contributed by atoms with Gasteiger partial charge in [0.1, 0.15) is 0 Å². The van der Waals surface area contributed by atoms with Gasteiger partial charge in [-0.15, -0.1) is 10.2 Å². The topological polar surface area (TPSA) is 75.9 Å². The van der Waals surface area contributed by atoms with Crippen LogP contribution < -0.4 is 5.73 Å². The van der Waals surface area contributed by atoms with Gasteiger partial charge in [0, 0.05) is 11.9 Å². The second-order valence-electron chi connectivity index (χ2n) is 5.24. The number of hydrogen-bond acceptors (Lipinski definition) is 3. The summed E-state index contributed by atoms with van der Waals surface area (Å²) >= 11 is 4.69. The molecular formula is C14H18N4OS.